The van der Waals surface area contributed by atoms with Gasteiger partial charge in [-0.2, -0.15) is 0 Å². The molecule has 0 aliphatic rings. The van der Waals surface area contributed by atoms with Crippen LogP contribution in [-0.4, -0.2) is 29.9 Å². The molecule has 13 heteroatoms. The summed E-state index contributed by atoms with van der Waals surface area (Å²) in [6.07, 6.45) is 0. The molecule has 1 N–H and O–H groups in total. The quantitative estimate of drug-likeness (QED) is 0.125. The number of nitrogens with zero attached hydrogens (tertiary/aromatic N) is 7. The zero-order valence-electron chi connectivity index (χ0n) is 67.9. The summed E-state index contributed by atoms with van der Waals surface area (Å²) in [5, 5.41) is 28.5. The molecule has 0 atom stereocenters. The highest BCUT2D eigenvalue weighted by Gasteiger charge is 2.24. The molecular formula is C114H69BrN8O2S2. The summed E-state index contributed by atoms with van der Waals surface area (Å²) in [5.41, 5.74) is 13.8. The van der Waals surface area contributed by atoms with Crippen molar-refractivity contribution in [3.8, 4) is 68.3 Å². The largest absolute Gasteiger partial charge is 0.454 e. The highest BCUT2D eigenvalue weighted by atomic mass is 79.9. The first kappa shape index (κ1) is 74.9. The highest BCUT2D eigenvalue weighted by molar-refractivity contribution is 9.10. The summed E-state index contributed by atoms with van der Waals surface area (Å²) >= 11 is 7.41. The highest BCUT2D eigenvalue weighted by Crippen LogP contribution is 2.49. The Morgan fingerprint density at radius 2 is 0.551 bits per heavy atom. The van der Waals surface area contributed by atoms with E-state index >= 15 is 0 Å². The summed E-state index contributed by atoms with van der Waals surface area (Å²) in [6.45, 7) is 0. The molecule has 10 nitrogen and oxygen atoms in total. The van der Waals surface area contributed by atoms with Crippen LogP contribution in [-0.2, 0) is 0 Å². The van der Waals surface area contributed by atoms with E-state index in [1.54, 1.807) is 0 Å². The van der Waals surface area contributed by atoms with Gasteiger partial charge in [0.15, 0.2) is 46.1 Å². The van der Waals surface area contributed by atoms with E-state index in [1.807, 2.05) is 211 Å². The van der Waals surface area contributed by atoms with E-state index in [2.05, 4.69) is 251 Å². The first-order valence-corrected chi connectivity index (χ1v) is 44.6. The number of nitrogens with one attached hydrogen (secondary N) is 1. The number of thiophene rings is 2. The van der Waals surface area contributed by atoms with Crippen LogP contribution >= 0.6 is 38.6 Å². The van der Waals surface area contributed by atoms with Gasteiger partial charge >= 0.3 is 0 Å². The number of aromatic nitrogens is 6. The zero-order chi connectivity index (χ0) is 84.0. The number of benzene rings is 20. The number of rotatable bonds is 11. The lowest BCUT2D eigenvalue weighted by Crippen LogP contribution is -2.10. The Balaban J connectivity index is 0.000000118. The molecule has 0 radical (unpaired) electrons. The third kappa shape index (κ3) is 13.6. The van der Waals surface area contributed by atoms with Crippen molar-refractivity contribution < 1.29 is 8.83 Å². The third-order valence-electron chi connectivity index (χ3n) is 24.1. The third-order valence-corrected chi connectivity index (χ3v) is 26.9. The number of anilines is 5. The van der Waals surface area contributed by atoms with Crippen molar-refractivity contribution in [1.82, 2.24) is 29.9 Å². The van der Waals surface area contributed by atoms with Gasteiger partial charge in [-0.05, 0) is 198 Å². The van der Waals surface area contributed by atoms with Crippen molar-refractivity contribution in [1.29, 1.82) is 0 Å². The predicted molar refractivity (Wildman–Crippen MR) is 536 cm³/mol. The maximum absolute atomic E-state index is 6.74. The fourth-order valence-electron chi connectivity index (χ4n) is 18.1. The Kier molecular flexibility index (Phi) is 18.6. The van der Waals surface area contributed by atoms with Crippen LogP contribution in [0, 0.1) is 0 Å². The smallest absolute Gasteiger partial charge is 0.164 e. The molecular weight excluding hydrogens is 1660 g/mol. The van der Waals surface area contributed by atoms with E-state index in [1.165, 1.54) is 105 Å². The maximum atomic E-state index is 6.74. The average molecular weight is 1730 g/mol. The van der Waals surface area contributed by atoms with Gasteiger partial charge in [-0.3, -0.25) is 0 Å². The van der Waals surface area contributed by atoms with Gasteiger partial charge in [0.2, 0.25) is 0 Å². The topological polar surface area (TPSA) is 119 Å². The Morgan fingerprint density at radius 3 is 1.02 bits per heavy atom. The number of furan rings is 2. The second-order valence-corrected chi connectivity index (χ2v) is 34.8. The van der Waals surface area contributed by atoms with Crippen molar-refractivity contribution in [3.63, 3.8) is 0 Å². The van der Waals surface area contributed by atoms with E-state index in [0.717, 1.165) is 110 Å². The van der Waals surface area contributed by atoms with Crippen LogP contribution in [0.2, 0.25) is 0 Å². The van der Waals surface area contributed by atoms with Gasteiger partial charge in [0.25, 0.3) is 0 Å². The molecule has 20 aromatic carbocycles. The molecule has 26 rings (SSSR count). The number of halogens is 1. The van der Waals surface area contributed by atoms with Gasteiger partial charge in [-0.15, -0.1) is 22.7 Å². The van der Waals surface area contributed by atoms with Crippen molar-refractivity contribution in [2.24, 2.45) is 0 Å². The van der Waals surface area contributed by atoms with E-state index in [4.69, 9.17) is 38.7 Å². The van der Waals surface area contributed by atoms with E-state index in [0.29, 0.717) is 34.9 Å². The molecule has 0 spiro atoms. The van der Waals surface area contributed by atoms with Crippen LogP contribution < -0.4 is 10.2 Å². The first-order chi connectivity index (χ1) is 62.8. The fourth-order valence-corrected chi connectivity index (χ4v) is 20.7. The molecule has 6 heterocycles. The minimum atomic E-state index is 0.608. The summed E-state index contributed by atoms with van der Waals surface area (Å²) in [6, 6.07) is 144. The van der Waals surface area contributed by atoms with Crippen LogP contribution in [0.1, 0.15) is 0 Å². The molecule has 127 heavy (non-hydrogen) atoms. The van der Waals surface area contributed by atoms with Gasteiger partial charge in [0.05, 0.1) is 11.4 Å². The van der Waals surface area contributed by atoms with Crippen LogP contribution in [0.3, 0.4) is 0 Å². The SMILES string of the molecule is Brc1ccc2c3ccccc3c3cc4sc5ccccc5c4cc3c2c1.c1ccc(-c2nc(-c3ccccc3)nc(-c3ccc(N(c4ccc5c6ccccc6c6cc7sc8ccccc8c7cc6c5c4)c4cccc5c4oc4ccccc45)cc3)n2)cc1.c1ccc(-c2nc(-c3ccccc3)nc(-c3ccc(Nc4cccc5c4oc4ccccc45)cc3)n2)cc1. The van der Waals surface area contributed by atoms with Crippen LogP contribution in [0.25, 0.3) is 217 Å². The molecule has 0 fully saturated rings. The van der Waals surface area contributed by atoms with Crippen molar-refractivity contribution >= 4 is 216 Å². The summed E-state index contributed by atoms with van der Waals surface area (Å²) < 4.78 is 19.3. The Morgan fingerprint density at radius 1 is 0.220 bits per heavy atom. The average Bonchev–Trinajstić information content (AvgIpc) is 1.72. The molecule has 0 saturated heterocycles. The number of hydrogen-bond acceptors (Lipinski definition) is 12. The monoisotopic (exact) mass is 1720 g/mol. The minimum absolute atomic E-state index is 0.608. The maximum Gasteiger partial charge on any atom is 0.164 e. The van der Waals surface area contributed by atoms with E-state index in [-0.39, 0.29) is 0 Å². The Labute approximate surface area is 744 Å². The second kappa shape index (κ2) is 31.5. The van der Waals surface area contributed by atoms with E-state index < -0.39 is 0 Å². The molecule has 26 aromatic rings. The predicted octanol–water partition coefficient (Wildman–Crippen LogP) is 32.9. The van der Waals surface area contributed by atoms with Crippen LogP contribution in [0.5, 0.6) is 0 Å². The molecule has 0 unspecified atom stereocenters. The van der Waals surface area contributed by atoms with E-state index in [9.17, 15) is 0 Å². The Hall–Kier alpha value is -15.9. The van der Waals surface area contributed by atoms with Crippen molar-refractivity contribution in [3.05, 3.63) is 417 Å². The molecule has 0 saturated carbocycles. The fraction of sp³-hybridized carbons (Fsp3) is 0. The van der Waals surface area contributed by atoms with Crippen molar-refractivity contribution in [2.45, 2.75) is 0 Å². The molecule has 0 aliphatic heterocycles. The summed E-state index contributed by atoms with van der Waals surface area (Å²) in [4.78, 5) is 31.7. The lowest BCUT2D eigenvalue weighted by molar-refractivity contribution is 0.669. The molecule has 596 valence electrons. The number of hydrogen-bond donors (Lipinski definition) is 1. The first-order valence-electron chi connectivity index (χ1n) is 42.2. The molecule has 6 aromatic heterocycles. The van der Waals surface area contributed by atoms with Gasteiger partial charge in [-0.1, -0.05) is 295 Å². The lowest BCUT2D eigenvalue weighted by Gasteiger charge is -2.26. The lowest BCUT2D eigenvalue weighted by atomic mass is 9.93. The standard InChI is InChI=1S/C57H34N4OS.C33H22N4O.C24H13BrS/c1-3-14-35(15-4-1)55-58-56(36-16-5-2-6-17-36)60-57(59-55)37-26-28-38(29-27-37)61(50-23-13-22-45-43-20-9-11-24-51(43)62-54(45)50)39-30-31-42-40-18-7-8-19-41(40)48-34-53-49(33-47(48)46(42)32-39)44-21-10-12-25-52(44)63-53;1-3-10-22(11-4-1)31-35-32(23-12-5-2-6-13-23)37-33(36-31)24-18-20-25(21-19-24)34-28-16-9-15-27-26-14-7-8-17-29(26)38-30(27)28;25-14-9-10-17-15-5-1-2-6-16(15)21-13-24-22(12-20(21)19(17)11-14)18-7-3-4-8-23(18)26-24/h1-34H;1-21,34H;1-13H. The van der Waals surface area contributed by atoms with Crippen molar-refractivity contribution in [2.75, 3.05) is 10.2 Å². The van der Waals surface area contributed by atoms with Crippen LogP contribution in [0.15, 0.2) is 426 Å². The normalized spacial score (nSPS) is 11.7. The van der Waals surface area contributed by atoms with Gasteiger partial charge in [-0.25, -0.2) is 29.9 Å². The molecule has 0 amide bonds. The second-order valence-electron chi connectivity index (χ2n) is 31.7. The van der Waals surface area contributed by atoms with Gasteiger partial charge in [0.1, 0.15) is 11.2 Å². The van der Waals surface area contributed by atoms with Crippen LogP contribution in [0.4, 0.5) is 28.4 Å². The number of para-hydroxylation sites is 4. The number of fused-ring (bicyclic) bond motifs is 24. The molecule has 0 bridgehead atoms. The summed E-state index contributed by atoms with van der Waals surface area (Å²) in [5.74, 6) is 3.79. The summed E-state index contributed by atoms with van der Waals surface area (Å²) in [7, 11) is 0. The minimum Gasteiger partial charge on any atom is -0.454 e. The van der Waals surface area contributed by atoms with Gasteiger partial charge in [0, 0.05) is 117 Å². The van der Waals surface area contributed by atoms with Gasteiger partial charge < -0.3 is 19.1 Å². The zero-order valence-corrected chi connectivity index (χ0v) is 71.1. The Bertz CT molecular complexity index is 8710. The molecule has 0 aliphatic carbocycles.